The van der Waals surface area contributed by atoms with E-state index in [9.17, 15) is 9.59 Å². The van der Waals surface area contributed by atoms with Gasteiger partial charge < -0.3 is 10.2 Å². The SMILES string of the molecule is CCCCCC(NC(=O)C(C)N1C(=O)CC1SCc1ccccc1)c1ccc(Cl)cc1. The van der Waals surface area contributed by atoms with E-state index in [0.717, 1.165) is 37.0 Å². The summed E-state index contributed by atoms with van der Waals surface area (Å²) in [5.41, 5.74) is 2.27. The normalized spacial score (nSPS) is 17.7. The number of rotatable bonds is 11. The van der Waals surface area contributed by atoms with Gasteiger partial charge in [0.25, 0.3) is 0 Å². The Morgan fingerprint density at radius 2 is 1.87 bits per heavy atom. The van der Waals surface area contributed by atoms with Crippen LogP contribution in [0.15, 0.2) is 54.6 Å². The van der Waals surface area contributed by atoms with Gasteiger partial charge >= 0.3 is 0 Å². The molecular weight excluding hydrogens is 428 g/mol. The Labute approximate surface area is 194 Å². The molecular formula is C25H31ClN2O2S. The number of benzene rings is 2. The van der Waals surface area contributed by atoms with Crippen LogP contribution < -0.4 is 5.32 Å². The molecule has 166 valence electrons. The second-order valence-electron chi connectivity index (χ2n) is 8.04. The molecule has 0 spiro atoms. The van der Waals surface area contributed by atoms with Crippen molar-refractivity contribution in [3.05, 3.63) is 70.7 Å². The quantitative estimate of drug-likeness (QED) is 0.334. The van der Waals surface area contributed by atoms with E-state index >= 15 is 0 Å². The van der Waals surface area contributed by atoms with Crippen molar-refractivity contribution in [3.8, 4) is 0 Å². The van der Waals surface area contributed by atoms with E-state index in [4.69, 9.17) is 11.6 Å². The zero-order valence-corrected chi connectivity index (χ0v) is 19.8. The number of halogens is 1. The fraction of sp³-hybridized carbons (Fsp3) is 0.440. The van der Waals surface area contributed by atoms with Crippen LogP contribution in [-0.4, -0.2) is 28.1 Å². The number of amides is 2. The zero-order valence-electron chi connectivity index (χ0n) is 18.2. The largest absolute Gasteiger partial charge is 0.348 e. The van der Waals surface area contributed by atoms with E-state index in [-0.39, 0.29) is 23.2 Å². The monoisotopic (exact) mass is 458 g/mol. The summed E-state index contributed by atoms with van der Waals surface area (Å²) in [4.78, 5) is 27.1. The highest BCUT2D eigenvalue weighted by molar-refractivity contribution is 7.99. The number of nitrogens with zero attached hydrogens (tertiary/aromatic N) is 1. The van der Waals surface area contributed by atoms with Gasteiger partial charge in [-0.25, -0.2) is 0 Å². The summed E-state index contributed by atoms with van der Waals surface area (Å²) in [6.07, 6.45) is 4.65. The Balaban J connectivity index is 1.61. The Hall–Kier alpha value is -1.98. The Bertz CT molecular complexity index is 860. The molecule has 1 saturated heterocycles. The molecule has 3 unspecified atom stereocenters. The molecule has 3 atom stereocenters. The molecule has 0 aliphatic carbocycles. The first-order chi connectivity index (χ1) is 15.0. The summed E-state index contributed by atoms with van der Waals surface area (Å²) in [5.74, 6) is 0.769. The van der Waals surface area contributed by atoms with E-state index in [1.165, 1.54) is 5.56 Å². The van der Waals surface area contributed by atoms with Gasteiger partial charge in [0.05, 0.1) is 17.8 Å². The van der Waals surface area contributed by atoms with Crippen molar-refractivity contribution in [2.45, 2.75) is 69.2 Å². The highest BCUT2D eigenvalue weighted by Crippen LogP contribution is 2.34. The van der Waals surface area contributed by atoms with E-state index in [0.29, 0.717) is 11.4 Å². The number of β-lactam (4-membered cyclic amide) rings is 1. The van der Waals surface area contributed by atoms with Crippen molar-refractivity contribution in [1.82, 2.24) is 10.2 Å². The van der Waals surface area contributed by atoms with E-state index in [2.05, 4.69) is 24.4 Å². The first-order valence-electron chi connectivity index (χ1n) is 11.0. The second kappa shape index (κ2) is 11.6. The Kier molecular flexibility index (Phi) is 8.85. The maximum Gasteiger partial charge on any atom is 0.243 e. The molecule has 6 heteroatoms. The molecule has 0 saturated carbocycles. The molecule has 0 radical (unpaired) electrons. The van der Waals surface area contributed by atoms with Crippen LogP contribution >= 0.6 is 23.4 Å². The van der Waals surface area contributed by atoms with Gasteiger partial charge in [0.15, 0.2) is 0 Å². The van der Waals surface area contributed by atoms with Crippen LogP contribution in [0.1, 0.15) is 63.1 Å². The average Bonchev–Trinajstić information content (AvgIpc) is 2.77. The van der Waals surface area contributed by atoms with E-state index < -0.39 is 6.04 Å². The van der Waals surface area contributed by atoms with Gasteiger partial charge in [0.2, 0.25) is 11.8 Å². The summed E-state index contributed by atoms with van der Waals surface area (Å²) < 4.78 is 0. The van der Waals surface area contributed by atoms with Crippen LogP contribution in [0, 0.1) is 0 Å². The number of likely N-dealkylation sites (tertiary alicyclic amines) is 1. The topological polar surface area (TPSA) is 49.4 Å². The molecule has 1 aliphatic heterocycles. The number of unbranched alkanes of at least 4 members (excludes halogenated alkanes) is 2. The maximum atomic E-state index is 13.1. The number of thioether (sulfide) groups is 1. The minimum atomic E-state index is -0.490. The summed E-state index contributed by atoms with van der Waals surface area (Å²) in [7, 11) is 0. The van der Waals surface area contributed by atoms with Gasteiger partial charge in [-0.15, -0.1) is 11.8 Å². The lowest BCUT2D eigenvalue weighted by atomic mass is 9.99. The predicted octanol–water partition coefficient (Wildman–Crippen LogP) is 5.96. The standard InChI is InChI=1S/C25H31ClN2O2S/c1-3-4-6-11-22(20-12-14-21(26)15-13-20)27-25(30)18(2)28-23(29)16-24(28)31-17-19-9-7-5-8-10-19/h5,7-10,12-15,18,22,24H,3-4,6,11,16-17H2,1-2H3,(H,27,30). The second-order valence-corrected chi connectivity index (χ2v) is 9.64. The average molecular weight is 459 g/mol. The minimum Gasteiger partial charge on any atom is -0.348 e. The maximum absolute atomic E-state index is 13.1. The number of hydrogen-bond acceptors (Lipinski definition) is 3. The van der Waals surface area contributed by atoms with Crippen molar-refractivity contribution in [3.63, 3.8) is 0 Å². The number of nitrogens with one attached hydrogen (secondary N) is 1. The highest BCUT2D eigenvalue weighted by atomic mass is 35.5. The van der Waals surface area contributed by atoms with Crippen molar-refractivity contribution in [1.29, 1.82) is 0 Å². The summed E-state index contributed by atoms with van der Waals surface area (Å²) in [6.45, 7) is 3.99. The van der Waals surface area contributed by atoms with Gasteiger partial charge in [-0.1, -0.05) is 80.3 Å². The summed E-state index contributed by atoms with van der Waals surface area (Å²) in [6, 6.07) is 17.3. The van der Waals surface area contributed by atoms with Crippen LogP contribution in [0.3, 0.4) is 0 Å². The molecule has 31 heavy (non-hydrogen) atoms. The third-order valence-electron chi connectivity index (χ3n) is 5.71. The number of hydrogen-bond donors (Lipinski definition) is 1. The lowest BCUT2D eigenvalue weighted by molar-refractivity contribution is -0.150. The minimum absolute atomic E-state index is 0.0437. The molecule has 1 fully saturated rings. The number of carbonyl (C=O) groups excluding carboxylic acids is 2. The van der Waals surface area contributed by atoms with Gasteiger partial charge in [0, 0.05) is 10.8 Å². The molecule has 2 amide bonds. The van der Waals surface area contributed by atoms with Gasteiger partial charge in [0.1, 0.15) is 6.04 Å². The molecule has 3 rings (SSSR count). The van der Waals surface area contributed by atoms with Crippen LogP contribution in [0.5, 0.6) is 0 Å². The van der Waals surface area contributed by atoms with Crippen LogP contribution in [0.2, 0.25) is 5.02 Å². The van der Waals surface area contributed by atoms with Crippen molar-refractivity contribution < 1.29 is 9.59 Å². The number of carbonyl (C=O) groups is 2. The van der Waals surface area contributed by atoms with Crippen molar-refractivity contribution >= 4 is 35.2 Å². The van der Waals surface area contributed by atoms with Crippen LogP contribution in [0.4, 0.5) is 0 Å². The molecule has 0 aromatic heterocycles. The Morgan fingerprint density at radius 3 is 2.52 bits per heavy atom. The summed E-state index contributed by atoms with van der Waals surface area (Å²) >= 11 is 7.76. The fourth-order valence-corrected chi connectivity index (χ4v) is 5.23. The molecule has 2 aromatic carbocycles. The van der Waals surface area contributed by atoms with Crippen LogP contribution in [0.25, 0.3) is 0 Å². The molecule has 2 aromatic rings. The summed E-state index contributed by atoms with van der Waals surface area (Å²) in [5, 5.41) is 3.92. The van der Waals surface area contributed by atoms with Gasteiger partial charge in [-0.2, -0.15) is 0 Å². The molecule has 4 nitrogen and oxygen atoms in total. The smallest absolute Gasteiger partial charge is 0.243 e. The van der Waals surface area contributed by atoms with Crippen LogP contribution in [-0.2, 0) is 15.3 Å². The zero-order chi connectivity index (χ0) is 22.2. The fourth-order valence-electron chi connectivity index (χ4n) is 3.81. The molecule has 0 bridgehead atoms. The van der Waals surface area contributed by atoms with Crippen molar-refractivity contribution in [2.75, 3.05) is 0 Å². The van der Waals surface area contributed by atoms with E-state index in [1.54, 1.807) is 16.7 Å². The van der Waals surface area contributed by atoms with Gasteiger partial charge in [-0.05, 0) is 36.6 Å². The molecule has 1 N–H and O–H groups in total. The third kappa shape index (κ3) is 6.50. The first kappa shape index (κ1) is 23.7. The first-order valence-corrected chi connectivity index (χ1v) is 12.4. The lowest BCUT2D eigenvalue weighted by Crippen LogP contribution is -2.59. The molecule has 1 heterocycles. The van der Waals surface area contributed by atoms with Crippen molar-refractivity contribution in [2.24, 2.45) is 0 Å². The predicted molar refractivity (Wildman–Crippen MR) is 129 cm³/mol. The molecule has 1 aliphatic rings. The van der Waals surface area contributed by atoms with Gasteiger partial charge in [-0.3, -0.25) is 9.59 Å². The Morgan fingerprint density at radius 1 is 1.16 bits per heavy atom. The third-order valence-corrected chi connectivity index (χ3v) is 7.25. The van der Waals surface area contributed by atoms with E-state index in [1.807, 2.05) is 49.4 Å². The lowest BCUT2D eigenvalue weighted by Gasteiger charge is -2.43. The highest BCUT2D eigenvalue weighted by Gasteiger charge is 2.42.